The Labute approximate surface area is 146 Å². The van der Waals surface area contributed by atoms with Crippen molar-refractivity contribution in [2.45, 2.75) is 44.6 Å². The number of hydrogen-bond donors (Lipinski definition) is 1. The number of benzene rings is 1. The number of nitrogens with one attached hydrogen (secondary N) is 1. The number of fused-ring (bicyclic) bond motifs is 1. The summed E-state index contributed by atoms with van der Waals surface area (Å²) in [6, 6.07) is 9.43. The van der Waals surface area contributed by atoms with Gasteiger partial charge in [0, 0.05) is 24.0 Å². The maximum absolute atomic E-state index is 12.6. The predicted octanol–water partition coefficient (Wildman–Crippen LogP) is 4.34. The molecule has 1 aliphatic carbocycles. The molecule has 4 rings (SSSR count). The predicted molar refractivity (Wildman–Crippen MR) is 96.2 cm³/mol. The zero-order chi connectivity index (χ0) is 17.1. The summed E-state index contributed by atoms with van der Waals surface area (Å²) in [6.07, 6.45) is 10.5. The van der Waals surface area contributed by atoms with Gasteiger partial charge in [-0.3, -0.25) is 9.78 Å². The minimum Gasteiger partial charge on any atom is -0.436 e. The molecule has 0 atom stereocenters. The first kappa shape index (κ1) is 15.8. The third-order valence-corrected chi connectivity index (χ3v) is 4.75. The van der Waals surface area contributed by atoms with Crippen LogP contribution < -0.4 is 5.32 Å². The Balaban J connectivity index is 1.55. The molecule has 3 aromatic rings. The lowest BCUT2D eigenvalue weighted by atomic mass is 10.1. The molecular formula is C20H21N3O2. The normalized spacial score (nSPS) is 15.8. The van der Waals surface area contributed by atoms with Crippen LogP contribution >= 0.6 is 0 Å². The molecule has 0 unspecified atom stereocenters. The minimum absolute atomic E-state index is 0.0280. The molecule has 1 aromatic carbocycles. The third kappa shape index (κ3) is 3.55. The maximum Gasteiger partial charge on any atom is 0.251 e. The molecule has 2 aromatic heterocycles. The molecule has 0 spiro atoms. The van der Waals surface area contributed by atoms with Crippen molar-refractivity contribution in [2.75, 3.05) is 0 Å². The zero-order valence-corrected chi connectivity index (χ0v) is 14.1. The zero-order valence-electron chi connectivity index (χ0n) is 14.1. The Morgan fingerprint density at radius 1 is 1.12 bits per heavy atom. The van der Waals surface area contributed by atoms with E-state index in [0.29, 0.717) is 22.6 Å². The van der Waals surface area contributed by atoms with Crippen molar-refractivity contribution < 1.29 is 9.21 Å². The number of oxazole rings is 1. The first-order valence-electron chi connectivity index (χ1n) is 8.91. The number of amides is 1. The molecular weight excluding hydrogens is 314 g/mol. The van der Waals surface area contributed by atoms with Crippen LogP contribution in [0, 0.1) is 0 Å². The van der Waals surface area contributed by atoms with E-state index in [1.54, 1.807) is 24.5 Å². The number of carbonyl (C=O) groups is 1. The lowest BCUT2D eigenvalue weighted by Gasteiger charge is -2.16. The van der Waals surface area contributed by atoms with E-state index in [4.69, 9.17) is 4.42 Å². The van der Waals surface area contributed by atoms with Crippen molar-refractivity contribution in [3.8, 4) is 11.5 Å². The van der Waals surface area contributed by atoms with Gasteiger partial charge in [0.2, 0.25) is 5.89 Å². The van der Waals surface area contributed by atoms with Crippen molar-refractivity contribution in [3.63, 3.8) is 0 Å². The van der Waals surface area contributed by atoms with Crippen LogP contribution in [0.2, 0.25) is 0 Å². The van der Waals surface area contributed by atoms with Gasteiger partial charge in [-0.05, 0) is 43.2 Å². The molecule has 0 radical (unpaired) electrons. The number of carbonyl (C=O) groups excluding carboxylic acids is 1. The minimum atomic E-state index is -0.0280. The molecule has 1 N–H and O–H groups in total. The van der Waals surface area contributed by atoms with Crippen molar-refractivity contribution >= 4 is 17.0 Å². The second-order valence-corrected chi connectivity index (χ2v) is 6.61. The Morgan fingerprint density at radius 3 is 2.72 bits per heavy atom. The largest absolute Gasteiger partial charge is 0.436 e. The molecule has 1 aliphatic rings. The van der Waals surface area contributed by atoms with E-state index in [-0.39, 0.29) is 11.9 Å². The fourth-order valence-electron chi connectivity index (χ4n) is 3.37. The Bertz CT molecular complexity index is 865. The van der Waals surface area contributed by atoms with E-state index >= 15 is 0 Å². The smallest absolute Gasteiger partial charge is 0.251 e. The average molecular weight is 335 g/mol. The van der Waals surface area contributed by atoms with Crippen molar-refractivity contribution in [2.24, 2.45) is 0 Å². The van der Waals surface area contributed by atoms with E-state index in [0.717, 1.165) is 18.4 Å². The monoisotopic (exact) mass is 335 g/mol. The Hall–Kier alpha value is -2.69. The molecule has 25 heavy (non-hydrogen) atoms. The van der Waals surface area contributed by atoms with Gasteiger partial charge < -0.3 is 9.73 Å². The van der Waals surface area contributed by atoms with Crippen LogP contribution in [0.3, 0.4) is 0 Å². The topological polar surface area (TPSA) is 68.0 Å². The van der Waals surface area contributed by atoms with Gasteiger partial charge in [-0.2, -0.15) is 0 Å². The maximum atomic E-state index is 12.6. The van der Waals surface area contributed by atoms with E-state index in [2.05, 4.69) is 15.3 Å². The molecule has 128 valence electrons. The van der Waals surface area contributed by atoms with Crippen LogP contribution in [0.25, 0.3) is 22.6 Å². The van der Waals surface area contributed by atoms with Crippen LogP contribution in [0.1, 0.15) is 48.9 Å². The van der Waals surface area contributed by atoms with Gasteiger partial charge in [0.25, 0.3) is 5.91 Å². The highest BCUT2D eigenvalue weighted by molar-refractivity contribution is 5.97. The highest BCUT2D eigenvalue weighted by Crippen LogP contribution is 2.24. The van der Waals surface area contributed by atoms with Crippen molar-refractivity contribution in [3.05, 3.63) is 48.3 Å². The molecule has 2 heterocycles. The molecule has 5 nitrogen and oxygen atoms in total. The number of rotatable bonds is 3. The second kappa shape index (κ2) is 7.05. The highest BCUT2D eigenvalue weighted by atomic mass is 16.3. The summed E-state index contributed by atoms with van der Waals surface area (Å²) >= 11 is 0. The molecule has 0 bridgehead atoms. The number of hydrogen-bond acceptors (Lipinski definition) is 4. The number of aromatic nitrogens is 2. The summed E-state index contributed by atoms with van der Waals surface area (Å²) in [5.41, 5.74) is 2.81. The first-order chi connectivity index (χ1) is 12.3. The fourth-order valence-corrected chi connectivity index (χ4v) is 3.37. The standard InChI is InChI=1S/C20H21N3O2/c24-19(22-16-7-3-1-2-4-8-16)14-9-10-18-17(12-14)23-20(25-18)15-6-5-11-21-13-15/h5-6,9-13,16H,1-4,7-8H2,(H,22,24). The molecule has 0 aliphatic heterocycles. The summed E-state index contributed by atoms with van der Waals surface area (Å²) in [4.78, 5) is 21.2. The van der Waals surface area contributed by atoms with E-state index in [1.807, 2.05) is 18.2 Å². The quantitative estimate of drug-likeness (QED) is 0.723. The van der Waals surface area contributed by atoms with Crippen LogP contribution in [0.5, 0.6) is 0 Å². The summed E-state index contributed by atoms with van der Waals surface area (Å²) in [6.45, 7) is 0. The SMILES string of the molecule is O=C(NC1CCCCCC1)c1ccc2oc(-c3cccnc3)nc2c1. The lowest BCUT2D eigenvalue weighted by molar-refractivity contribution is 0.0933. The summed E-state index contributed by atoms with van der Waals surface area (Å²) in [7, 11) is 0. The molecule has 1 amide bonds. The number of pyridine rings is 1. The van der Waals surface area contributed by atoms with Gasteiger partial charge in [0.05, 0.1) is 5.56 Å². The van der Waals surface area contributed by atoms with Gasteiger partial charge in [-0.25, -0.2) is 4.98 Å². The Kier molecular flexibility index (Phi) is 4.46. The van der Waals surface area contributed by atoms with E-state index in [9.17, 15) is 4.79 Å². The van der Waals surface area contributed by atoms with Crippen molar-refractivity contribution in [1.29, 1.82) is 0 Å². The second-order valence-electron chi connectivity index (χ2n) is 6.61. The Morgan fingerprint density at radius 2 is 1.96 bits per heavy atom. The van der Waals surface area contributed by atoms with Crippen LogP contribution in [-0.4, -0.2) is 21.9 Å². The molecule has 5 heteroatoms. The highest BCUT2D eigenvalue weighted by Gasteiger charge is 2.17. The summed E-state index contributed by atoms with van der Waals surface area (Å²) in [5.74, 6) is 0.490. The summed E-state index contributed by atoms with van der Waals surface area (Å²) < 4.78 is 5.77. The van der Waals surface area contributed by atoms with Gasteiger partial charge in [-0.15, -0.1) is 0 Å². The van der Waals surface area contributed by atoms with Crippen LogP contribution in [0.4, 0.5) is 0 Å². The van der Waals surface area contributed by atoms with Gasteiger partial charge >= 0.3 is 0 Å². The van der Waals surface area contributed by atoms with Gasteiger partial charge in [0.15, 0.2) is 5.58 Å². The summed E-state index contributed by atoms with van der Waals surface area (Å²) in [5, 5.41) is 3.17. The fraction of sp³-hybridized carbons (Fsp3) is 0.350. The van der Waals surface area contributed by atoms with E-state index < -0.39 is 0 Å². The lowest BCUT2D eigenvalue weighted by Crippen LogP contribution is -2.34. The average Bonchev–Trinajstić information content (AvgIpc) is 2.91. The van der Waals surface area contributed by atoms with Gasteiger partial charge in [0.1, 0.15) is 5.52 Å². The molecule has 1 saturated carbocycles. The van der Waals surface area contributed by atoms with Crippen molar-refractivity contribution in [1.82, 2.24) is 15.3 Å². The molecule has 0 saturated heterocycles. The molecule has 1 fully saturated rings. The van der Waals surface area contributed by atoms with Gasteiger partial charge in [-0.1, -0.05) is 25.7 Å². The third-order valence-electron chi connectivity index (χ3n) is 4.75. The number of nitrogens with zero attached hydrogens (tertiary/aromatic N) is 2. The van der Waals surface area contributed by atoms with E-state index in [1.165, 1.54) is 25.7 Å². The van der Waals surface area contributed by atoms with Crippen LogP contribution in [0.15, 0.2) is 47.1 Å². The first-order valence-corrected chi connectivity index (χ1v) is 8.91. The van der Waals surface area contributed by atoms with Crippen LogP contribution in [-0.2, 0) is 0 Å².